The van der Waals surface area contributed by atoms with Crippen molar-refractivity contribution in [3.05, 3.63) is 48.6 Å². The number of rotatable bonds is 56. The van der Waals surface area contributed by atoms with Gasteiger partial charge in [0.1, 0.15) is 13.2 Å². The number of carbonyl (C=O) groups is 3. The molecule has 0 aromatic rings. The molecule has 0 rings (SSSR count). The van der Waals surface area contributed by atoms with E-state index in [4.69, 9.17) is 14.2 Å². The summed E-state index contributed by atoms with van der Waals surface area (Å²) in [4.78, 5) is 38.1. The first-order valence-electron chi connectivity index (χ1n) is 30.6. The molecule has 0 aromatic heterocycles. The van der Waals surface area contributed by atoms with Gasteiger partial charge in [-0.15, -0.1) is 0 Å². The molecule has 0 aliphatic heterocycles. The number of esters is 3. The van der Waals surface area contributed by atoms with Crippen LogP contribution in [0.2, 0.25) is 0 Å². The number of unbranched alkanes of at least 4 members (excludes halogenated alkanes) is 37. The van der Waals surface area contributed by atoms with Crippen molar-refractivity contribution in [2.24, 2.45) is 0 Å². The van der Waals surface area contributed by atoms with Crippen LogP contribution in [0.1, 0.15) is 323 Å². The topological polar surface area (TPSA) is 78.9 Å². The molecule has 0 spiro atoms. The largest absolute Gasteiger partial charge is 0.462 e. The van der Waals surface area contributed by atoms with Gasteiger partial charge in [0.25, 0.3) is 0 Å². The van der Waals surface area contributed by atoms with Crippen LogP contribution in [-0.4, -0.2) is 37.2 Å². The highest BCUT2D eigenvalue weighted by molar-refractivity contribution is 5.71. The molecule has 0 N–H and O–H groups in total. The minimum Gasteiger partial charge on any atom is -0.462 e. The molecule has 6 nitrogen and oxygen atoms in total. The van der Waals surface area contributed by atoms with Crippen LogP contribution in [0, 0.1) is 0 Å². The lowest BCUT2D eigenvalue weighted by Crippen LogP contribution is -2.30. The van der Waals surface area contributed by atoms with Gasteiger partial charge < -0.3 is 14.2 Å². The molecule has 408 valence electrons. The van der Waals surface area contributed by atoms with E-state index in [2.05, 4.69) is 69.4 Å². The second-order valence-corrected chi connectivity index (χ2v) is 20.6. The quantitative estimate of drug-likeness (QED) is 0.0261. The maximum absolute atomic E-state index is 12.8. The third-order valence-corrected chi connectivity index (χ3v) is 13.6. The fourth-order valence-electron chi connectivity index (χ4n) is 8.98. The van der Waals surface area contributed by atoms with Gasteiger partial charge in [-0.25, -0.2) is 0 Å². The van der Waals surface area contributed by atoms with Gasteiger partial charge in [0.05, 0.1) is 0 Å². The van der Waals surface area contributed by atoms with Gasteiger partial charge >= 0.3 is 17.9 Å². The molecule has 0 aliphatic carbocycles. The Morgan fingerprint density at radius 2 is 0.557 bits per heavy atom. The molecule has 0 bridgehead atoms. The maximum atomic E-state index is 12.8. The van der Waals surface area contributed by atoms with Crippen LogP contribution >= 0.6 is 0 Å². The molecule has 0 amide bonds. The van der Waals surface area contributed by atoms with E-state index in [1.54, 1.807) is 0 Å². The molecule has 0 fully saturated rings. The van der Waals surface area contributed by atoms with Gasteiger partial charge in [-0.2, -0.15) is 0 Å². The third-order valence-electron chi connectivity index (χ3n) is 13.6. The molecule has 0 aromatic carbocycles. The number of allylic oxidation sites excluding steroid dienone is 8. The van der Waals surface area contributed by atoms with Gasteiger partial charge in [0, 0.05) is 19.3 Å². The molecule has 0 saturated carbocycles. The minimum absolute atomic E-state index is 0.0848. The SMILES string of the molecule is CC/C=C\C/C=C\C/C=C\CCCCCC(=O)OC(COC(=O)CCCCCCC/C=C\CCCCC)COC(=O)CCCCCCCCCCCCCCCCCCCCCCCCCCCCC. The van der Waals surface area contributed by atoms with Crippen LogP contribution in [-0.2, 0) is 28.6 Å². The first-order valence-corrected chi connectivity index (χ1v) is 30.6. The predicted octanol–water partition coefficient (Wildman–Crippen LogP) is 20.6. The Morgan fingerprint density at radius 3 is 0.929 bits per heavy atom. The van der Waals surface area contributed by atoms with Crippen LogP contribution in [0.25, 0.3) is 0 Å². The minimum atomic E-state index is -0.789. The average Bonchev–Trinajstić information content (AvgIpc) is 3.36. The van der Waals surface area contributed by atoms with Crippen molar-refractivity contribution in [3.63, 3.8) is 0 Å². The predicted molar refractivity (Wildman–Crippen MR) is 302 cm³/mol. The summed E-state index contributed by atoms with van der Waals surface area (Å²) in [6.07, 6.45) is 72.8. The number of ether oxygens (including phenoxy) is 3. The molecular formula is C64H116O6. The second kappa shape index (κ2) is 58.9. The van der Waals surface area contributed by atoms with Crippen molar-refractivity contribution >= 4 is 17.9 Å². The number of carbonyl (C=O) groups excluding carboxylic acids is 3. The smallest absolute Gasteiger partial charge is 0.306 e. The van der Waals surface area contributed by atoms with E-state index in [9.17, 15) is 14.4 Å². The normalized spacial score (nSPS) is 12.3. The lowest BCUT2D eigenvalue weighted by molar-refractivity contribution is -0.167. The molecular weight excluding hydrogens is 865 g/mol. The van der Waals surface area contributed by atoms with Gasteiger partial charge in [0.15, 0.2) is 6.10 Å². The monoisotopic (exact) mass is 981 g/mol. The highest BCUT2D eigenvalue weighted by atomic mass is 16.6. The Hall–Kier alpha value is -2.63. The van der Waals surface area contributed by atoms with E-state index in [1.165, 1.54) is 193 Å². The Bertz CT molecular complexity index is 1220. The Balaban J connectivity index is 4.16. The summed E-state index contributed by atoms with van der Waals surface area (Å²) in [6, 6.07) is 0. The van der Waals surface area contributed by atoms with Crippen LogP contribution in [0.4, 0.5) is 0 Å². The zero-order chi connectivity index (χ0) is 50.7. The van der Waals surface area contributed by atoms with Crippen molar-refractivity contribution in [1.29, 1.82) is 0 Å². The lowest BCUT2D eigenvalue weighted by Gasteiger charge is -2.18. The van der Waals surface area contributed by atoms with E-state index >= 15 is 0 Å². The summed E-state index contributed by atoms with van der Waals surface area (Å²) in [5.74, 6) is -0.910. The van der Waals surface area contributed by atoms with E-state index in [1.807, 2.05) is 0 Å². The van der Waals surface area contributed by atoms with Gasteiger partial charge in [-0.1, -0.05) is 275 Å². The molecule has 6 heteroatoms. The maximum Gasteiger partial charge on any atom is 0.306 e. The lowest BCUT2D eigenvalue weighted by atomic mass is 10.0. The van der Waals surface area contributed by atoms with Gasteiger partial charge in [0.2, 0.25) is 0 Å². The van der Waals surface area contributed by atoms with Gasteiger partial charge in [-0.05, 0) is 77.0 Å². The molecule has 1 unspecified atom stereocenters. The van der Waals surface area contributed by atoms with E-state index in [0.717, 1.165) is 89.9 Å². The van der Waals surface area contributed by atoms with Crippen LogP contribution < -0.4 is 0 Å². The summed E-state index contributed by atoms with van der Waals surface area (Å²) < 4.78 is 16.8. The Morgan fingerprint density at radius 1 is 0.300 bits per heavy atom. The fraction of sp³-hybridized carbons (Fsp3) is 0.828. The Labute approximate surface area is 435 Å². The van der Waals surface area contributed by atoms with Crippen molar-refractivity contribution in [2.75, 3.05) is 13.2 Å². The summed E-state index contributed by atoms with van der Waals surface area (Å²) in [5.41, 5.74) is 0. The highest BCUT2D eigenvalue weighted by Crippen LogP contribution is 2.17. The molecule has 0 heterocycles. The fourth-order valence-corrected chi connectivity index (χ4v) is 8.98. The first-order chi connectivity index (χ1) is 34.5. The highest BCUT2D eigenvalue weighted by Gasteiger charge is 2.19. The third kappa shape index (κ3) is 56.3. The zero-order valence-electron chi connectivity index (χ0n) is 46.8. The van der Waals surface area contributed by atoms with Crippen molar-refractivity contribution in [1.82, 2.24) is 0 Å². The Kier molecular flexibility index (Phi) is 56.7. The second-order valence-electron chi connectivity index (χ2n) is 20.6. The van der Waals surface area contributed by atoms with Crippen molar-refractivity contribution in [2.45, 2.75) is 329 Å². The summed E-state index contributed by atoms with van der Waals surface area (Å²) in [5, 5.41) is 0. The molecule has 0 radical (unpaired) electrons. The standard InChI is InChI=1S/C64H116O6/c1-4-7-10-13-16-19-22-25-26-27-28-29-30-31-32-33-34-35-36-37-38-40-42-45-48-51-54-57-63(66)69-60-61(59-68-62(65)56-53-50-47-44-41-24-21-18-15-12-9-6-3)70-64(67)58-55-52-49-46-43-39-23-20-17-14-11-8-5-2/h8,11,17-18,20-21,39,43,61H,4-7,9-10,12-16,19,22-38,40-42,44-60H2,1-3H3/b11-8-,20-17-,21-18-,43-39-. The zero-order valence-corrected chi connectivity index (χ0v) is 46.8. The summed E-state index contributed by atoms with van der Waals surface area (Å²) >= 11 is 0. The van der Waals surface area contributed by atoms with Gasteiger partial charge in [-0.3, -0.25) is 14.4 Å². The average molecular weight is 982 g/mol. The number of hydrogen-bond acceptors (Lipinski definition) is 6. The van der Waals surface area contributed by atoms with Crippen molar-refractivity contribution < 1.29 is 28.6 Å². The van der Waals surface area contributed by atoms with E-state index in [0.29, 0.717) is 19.3 Å². The van der Waals surface area contributed by atoms with Crippen LogP contribution in [0.5, 0.6) is 0 Å². The molecule has 0 saturated heterocycles. The molecule has 0 aliphatic rings. The summed E-state index contributed by atoms with van der Waals surface area (Å²) in [7, 11) is 0. The van der Waals surface area contributed by atoms with Crippen LogP contribution in [0.3, 0.4) is 0 Å². The van der Waals surface area contributed by atoms with E-state index < -0.39 is 6.10 Å². The van der Waals surface area contributed by atoms with Crippen molar-refractivity contribution in [3.8, 4) is 0 Å². The molecule has 70 heavy (non-hydrogen) atoms. The molecule has 1 atom stereocenters. The summed E-state index contributed by atoms with van der Waals surface area (Å²) in [6.45, 7) is 6.51. The van der Waals surface area contributed by atoms with E-state index in [-0.39, 0.29) is 31.1 Å². The van der Waals surface area contributed by atoms with Crippen LogP contribution in [0.15, 0.2) is 48.6 Å². The number of hydrogen-bond donors (Lipinski definition) is 0. The first kappa shape index (κ1) is 67.4.